The van der Waals surface area contributed by atoms with Crippen LogP contribution in [0.1, 0.15) is 55.8 Å². The van der Waals surface area contributed by atoms with E-state index in [0.29, 0.717) is 29.1 Å². The number of morpholine rings is 1. The fraction of sp³-hybridized carbons (Fsp3) is 0.414. The zero-order chi connectivity index (χ0) is 25.6. The van der Waals surface area contributed by atoms with Crippen LogP contribution >= 0.6 is 0 Å². The van der Waals surface area contributed by atoms with Gasteiger partial charge in [0, 0.05) is 31.0 Å². The van der Waals surface area contributed by atoms with Crippen molar-refractivity contribution in [1.82, 2.24) is 19.9 Å². The average Bonchev–Trinajstić information content (AvgIpc) is 3.22. The van der Waals surface area contributed by atoms with Crippen LogP contribution in [0, 0.1) is 0 Å². The Morgan fingerprint density at radius 3 is 2.30 bits per heavy atom. The molecule has 0 spiro atoms. The Balaban J connectivity index is 1.46. The Hall–Kier alpha value is -3.65. The van der Waals surface area contributed by atoms with E-state index in [0.717, 1.165) is 61.6 Å². The number of amides is 1. The number of anilines is 2. The van der Waals surface area contributed by atoms with E-state index in [1.165, 1.54) is 25.7 Å². The van der Waals surface area contributed by atoms with Gasteiger partial charge in [0.25, 0.3) is 5.91 Å². The van der Waals surface area contributed by atoms with E-state index in [-0.39, 0.29) is 5.91 Å². The lowest BCUT2D eigenvalue weighted by molar-refractivity contribution is 0.0955. The van der Waals surface area contributed by atoms with Crippen molar-refractivity contribution < 1.29 is 9.53 Å². The molecule has 2 aromatic carbocycles. The van der Waals surface area contributed by atoms with Crippen LogP contribution in [0.3, 0.4) is 0 Å². The highest BCUT2D eigenvalue weighted by molar-refractivity contribution is 6.11. The van der Waals surface area contributed by atoms with Crippen LogP contribution in [0.15, 0.2) is 48.5 Å². The number of carbonyl (C=O) groups excluding carboxylic acids is 1. The van der Waals surface area contributed by atoms with Crippen molar-refractivity contribution >= 4 is 39.6 Å². The zero-order valence-corrected chi connectivity index (χ0v) is 21.6. The Morgan fingerprint density at radius 2 is 1.57 bits per heavy atom. The molecule has 4 aromatic rings. The number of hydrogen-bond acceptors (Lipinski definition) is 6. The van der Waals surface area contributed by atoms with Crippen molar-refractivity contribution in [2.75, 3.05) is 43.5 Å². The molecular formula is C29H36N6O2. The molecule has 2 aromatic heterocycles. The summed E-state index contributed by atoms with van der Waals surface area (Å²) in [4.78, 5) is 25.4. The lowest BCUT2D eigenvalue weighted by atomic mass is 10.1. The molecule has 0 unspecified atom stereocenters. The maximum Gasteiger partial charge on any atom is 0.257 e. The molecule has 0 bridgehead atoms. The predicted molar refractivity (Wildman–Crippen MR) is 150 cm³/mol. The molecule has 1 fully saturated rings. The maximum absolute atomic E-state index is 13.4. The van der Waals surface area contributed by atoms with Crippen molar-refractivity contribution in [3.63, 3.8) is 0 Å². The van der Waals surface area contributed by atoms with Gasteiger partial charge in [0.2, 0.25) is 0 Å². The van der Waals surface area contributed by atoms with Gasteiger partial charge in [-0.3, -0.25) is 9.36 Å². The second kappa shape index (κ2) is 11.6. The normalized spacial score (nSPS) is 13.9. The summed E-state index contributed by atoms with van der Waals surface area (Å²) in [6.07, 6.45) is 7.00. The molecule has 5 rings (SSSR count). The van der Waals surface area contributed by atoms with Crippen LogP contribution in [0.5, 0.6) is 0 Å². The molecule has 1 saturated heterocycles. The topological polar surface area (TPSA) is 98.3 Å². The monoisotopic (exact) mass is 500 g/mol. The fourth-order valence-electron chi connectivity index (χ4n) is 4.98. The summed E-state index contributed by atoms with van der Waals surface area (Å²) in [6, 6.07) is 15.9. The van der Waals surface area contributed by atoms with Crippen LogP contribution in [-0.4, -0.2) is 53.3 Å². The standard InChI is InChI=1S/C29H36N6O2/c1-2-3-4-5-6-9-16-31-29(36)25-26-28(33-24-11-8-7-10-23(24)32-26)35(27(25)30)22-14-12-21(13-15-22)34-17-19-37-20-18-34/h7-8,10-15H,2-6,9,16-20,30H2,1H3,(H,31,36). The lowest BCUT2D eigenvalue weighted by Gasteiger charge is -2.29. The van der Waals surface area contributed by atoms with E-state index in [2.05, 4.69) is 29.3 Å². The van der Waals surface area contributed by atoms with Gasteiger partial charge >= 0.3 is 0 Å². The fourth-order valence-corrected chi connectivity index (χ4v) is 4.98. The SMILES string of the molecule is CCCCCCCCNC(=O)c1c(N)n(-c2ccc(N3CCOCC3)cc2)c2nc3ccccc3nc12. The number of para-hydroxylation sites is 2. The Kier molecular flexibility index (Phi) is 7.84. The number of nitrogen functional groups attached to an aromatic ring is 1. The highest BCUT2D eigenvalue weighted by Gasteiger charge is 2.25. The van der Waals surface area contributed by atoms with Crippen molar-refractivity contribution in [3.05, 3.63) is 54.1 Å². The first kappa shape index (κ1) is 25.0. The summed E-state index contributed by atoms with van der Waals surface area (Å²) < 4.78 is 7.32. The molecule has 0 aliphatic carbocycles. The highest BCUT2D eigenvalue weighted by atomic mass is 16.5. The molecule has 37 heavy (non-hydrogen) atoms. The molecule has 0 atom stereocenters. The number of hydrogen-bond donors (Lipinski definition) is 2. The van der Waals surface area contributed by atoms with E-state index >= 15 is 0 Å². The third kappa shape index (κ3) is 5.39. The van der Waals surface area contributed by atoms with E-state index < -0.39 is 0 Å². The molecule has 3 N–H and O–H groups in total. The second-order valence-electron chi connectivity index (χ2n) is 9.62. The number of fused-ring (bicyclic) bond motifs is 2. The van der Waals surface area contributed by atoms with Crippen molar-refractivity contribution in [3.8, 4) is 5.69 Å². The zero-order valence-electron chi connectivity index (χ0n) is 21.6. The van der Waals surface area contributed by atoms with Gasteiger partial charge in [-0.1, -0.05) is 51.2 Å². The Bertz CT molecular complexity index is 1360. The first-order chi connectivity index (χ1) is 18.2. The van der Waals surface area contributed by atoms with Crippen LogP contribution in [0.25, 0.3) is 27.9 Å². The molecule has 1 aliphatic rings. The summed E-state index contributed by atoms with van der Waals surface area (Å²) >= 11 is 0. The van der Waals surface area contributed by atoms with Crippen LogP contribution in [0.2, 0.25) is 0 Å². The van der Waals surface area contributed by atoms with Gasteiger partial charge in [-0.05, 0) is 42.8 Å². The number of carbonyl (C=O) groups is 1. The number of unbranched alkanes of at least 4 members (excludes halogenated alkanes) is 5. The molecule has 1 amide bonds. The number of aromatic nitrogens is 3. The molecule has 0 radical (unpaired) electrons. The van der Waals surface area contributed by atoms with Gasteiger partial charge in [0.15, 0.2) is 5.65 Å². The second-order valence-corrected chi connectivity index (χ2v) is 9.62. The smallest absolute Gasteiger partial charge is 0.257 e. The summed E-state index contributed by atoms with van der Waals surface area (Å²) in [5.41, 5.74) is 11.6. The van der Waals surface area contributed by atoms with Gasteiger partial charge in [-0.15, -0.1) is 0 Å². The number of ether oxygens (including phenoxy) is 1. The summed E-state index contributed by atoms with van der Waals surface area (Å²) in [7, 11) is 0. The average molecular weight is 501 g/mol. The predicted octanol–water partition coefficient (Wildman–Crippen LogP) is 5.08. The molecule has 194 valence electrons. The minimum atomic E-state index is -0.204. The number of nitrogens with zero attached hydrogens (tertiary/aromatic N) is 4. The number of benzene rings is 2. The summed E-state index contributed by atoms with van der Waals surface area (Å²) in [5, 5.41) is 3.07. The van der Waals surface area contributed by atoms with Crippen molar-refractivity contribution in [1.29, 1.82) is 0 Å². The van der Waals surface area contributed by atoms with Gasteiger partial charge in [-0.2, -0.15) is 0 Å². The van der Waals surface area contributed by atoms with Crippen molar-refractivity contribution in [2.24, 2.45) is 0 Å². The van der Waals surface area contributed by atoms with Crippen LogP contribution in [0.4, 0.5) is 11.5 Å². The maximum atomic E-state index is 13.4. The van der Waals surface area contributed by atoms with Gasteiger partial charge in [-0.25, -0.2) is 9.97 Å². The van der Waals surface area contributed by atoms with Gasteiger partial charge in [0.1, 0.15) is 16.9 Å². The Labute approximate surface area is 217 Å². The first-order valence-electron chi connectivity index (χ1n) is 13.5. The third-order valence-electron chi connectivity index (χ3n) is 7.02. The summed E-state index contributed by atoms with van der Waals surface area (Å²) in [6.45, 7) is 6.04. The van der Waals surface area contributed by atoms with Crippen LogP contribution < -0.4 is 16.0 Å². The quantitative estimate of drug-likeness (QED) is 0.295. The lowest BCUT2D eigenvalue weighted by Crippen LogP contribution is -2.36. The molecule has 8 nitrogen and oxygen atoms in total. The third-order valence-corrected chi connectivity index (χ3v) is 7.02. The van der Waals surface area contributed by atoms with Gasteiger partial charge < -0.3 is 20.7 Å². The van der Waals surface area contributed by atoms with Gasteiger partial charge in [0.05, 0.1) is 24.2 Å². The van der Waals surface area contributed by atoms with Crippen LogP contribution in [-0.2, 0) is 4.74 Å². The molecule has 8 heteroatoms. The Morgan fingerprint density at radius 1 is 0.919 bits per heavy atom. The number of nitrogens with one attached hydrogen (secondary N) is 1. The summed E-state index contributed by atoms with van der Waals surface area (Å²) in [5.74, 6) is 0.147. The van der Waals surface area contributed by atoms with Crippen molar-refractivity contribution in [2.45, 2.75) is 45.4 Å². The van der Waals surface area contributed by atoms with E-state index in [4.69, 9.17) is 20.4 Å². The van der Waals surface area contributed by atoms with E-state index in [1.807, 2.05) is 41.0 Å². The largest absolute Gasteiger partial charge is 0.384 e. The first-order valence-corrected chi connectivity index (χ1v) is 13.5. The highest BCUT2D eigenvalue weighted by Crippen LogP contribution is 2.31. The molecular weight excluding hydrogens is 464 g/mol. The van der Waals surface area contributed by atoms with E-state index in [1.54, 1.807) is 0 Å². The van der Waals surface area contributed by atoms with E-state index in [9.17, 15) is 4.79 Å². The molecule has 1 aliphatic heterocycles. The minimum absolute atomic E-state index is 0.204. The molecule has 3 heterocycles. The minimum Gasteiger partial charge on any atom is -0.384 e. The number of nitrogens with two attached hydrogens (primary N) is 1. The number of rotatable bonds is 10. The molecule has 0 saturated carbocycles.